The Kier molecular flexibility index (Phi) is 6.62. The van der Waals surface area contributed by atoms with Crippen LogP contribution in [0, 0.1) is 5.92 Å². The maximum absolute atomic E-state index is 14.3. The van der Waals surface area contributed by atoms with Gasteiger partial charge in [-0.15, -0.1) is 10.2 Å². The first kappa shape index (κ1) is 27.1. The van der Waals surface area contributed by atoms with Crippen molar-refractivity contribution < 1.29 is 18.3 Å². The Labute approximate surface area is 234 Å². The van der Waals surface area contributed by atoms with Crippen LogP contribution in [0.25, 0.3) is 11.2 Å². The van der Waals surface area contributed by atoms with Gasteiger partial charge in [-0.2, -0.15) is 25.8 Å². The Morgan fingerprint density at radius 1 is 1.20 bits per heavy atom. The number of likely N-dealkylation sites (tertiary alicyclic amines) is 1. The fraction of sp³-hybridized carbons (Fsp3) is 0.464. The zero-order valence-corrected chi connectivity index (χ0v) is 23.1. The van der Waals surface area contributed by atoms with E-state index in [9.17, 15) is 23.1 Å². The maximum atomic E-state index is 14.3. The van der Waals surface area contributed by atoms with E-state index >= 15 is 0 Å². The average molecular weight is 573 g/mol. The molecule has 4 heterocycles. The van der Waals surface area contributed by atoms with E-state index in [1.807, 2.05) is 13.1 Å². The Bertz CT molecular complexity index is 1620. The highest BCUT2D eigenvalue weighted by atomic mass is 32.1. The number of rotatable bonds is 5. The molecule has 1 saturated carbocycles. The number of halogens is 3. The van der Waals surface area contributed by atoms with Crippen LogP contribution in [0.1, 0.15) is 48.7 Å². The molecule has 1 N–H and O–H groups in total. The first-order valence-corrected chi connectivity index (χ1v) is 13.9. The molecule has 0 bridgehead atoms. The number of aliphatic hydroxyl groups excluding tert-OH is 1. The molecular formula is C28H31F3N6O2S. The molecule has 8 nitrogen and oxygen atoms in total. The van der Waals surface area contributed by atoms with Crippen molar-refractivity contribution in [2.24, 2.45) is 13.0 Å². The third-order valence-corrected chi connectivity index (χ3v) is 9.23. The van der Waals surface area contributed by atoms with Gasteiger partial charge in [0.15, 0.2) is 0 Å². The summed E-state index contributed by atoms with van der Waals surface area (Å²) in [6.07, 6.45) is 0.952. The van der Waals surface area contributed by atoms with Gasteiger partial charge in [-0.1, -0.05) is 19.1 Å². The van der Waals surface area contributed by atoms with Crippen molar-refractivity contribution in [3.8, 4) is 5.69 Å². The molecule has 2 aliphatic rings. The molecule has 40 heavy (non-hydrogen) atoms. The van der Waals surface area contributed by atoms with Gasteiger partial charge in [-0.05, 0) is 61.1 Å². The molecule has 12 heteroatoms. The van der Waals surface area contributed by atoms with Gasteiger partial charge in [0.1, 0.15) is 12.2 Å². The van der Waals surface area contributed by atoms with Crippen LogP contribution in [0.15, 0.2) is 53.8 Å². The predicted octanol–water partition coefficient (Wildman–Crippen LogP) is 3.82. The lowest BCUT2D eigenvalue weighted by Gasteiger charge is -2.44. The first-order valence-electron chi connectivity index (χ1n) is 13.3. The van der Waals surface area contributed by atoms with Gasteiger partial charge in [-0.25, -0.2) is 4.79 Å². The highest BCUT2D eigenvalue weighted by Gasteiger charge is 2.49. The summed E-state index contributed by atoms with van der Waals surface area (Å²) in [5.74, 6) is 1.00. The number of benzene rings is 1. The summed E-state index contributed by atoms with van der Waals surface area (Å²) in [6, 6.07) is 8.30. The predicted molar refractivity (Wildman–Crippen MR) is 147 cm³/mol. The molecule has 2 atom stereocenters. The summed E-state index contributed by atoms with van der Waals surface area (Å²) in [6.45, 7) is 3.88. The van der Waals surface area contributed by atoms with Crippen molar-refractivity contribution >= 4 is 18.1 Å². The van der Waals surface area contributed by atoms with Gasteiger partial charge in [0.05, 0.1) is 28.3 Å². The molecule has 1 unspecified atom stereocenters. The molecule has 0 spiro atoms. The van der Waals surface area contributed by atoms with Gasteiger partial charge in [0.25, 0.3) is 0 Å². The third-order valence-electron chi connectivity index (χ3n) is 8.46. The molecule has 1 saturated heterocycles. The molecule has 1 aromatic carbocycles. The quantitative estimate of drug-likeness (QED) is 0.356. The summed E-state index contributed by atoms with van der Waals surface area (Å²) in [5.41, 5.74) is -0.541. The van der Waals surface area contributed by atoms with E-state index < -0.39 is 28.9 Å². The SMILES string of the molecule is C[C@@H]1CN(Cc2cc(C(F)(F)F)c3cn(-c4cccc([C@]5(c6nncn6C)C[C@@H](O)C5)c4)c(=O)n3c2)CCC1S. The van der Waals surface area contributed by atoms with Crippen molar-refractivity contribution in [3.63, 3.8) is 0 Å². The van der Waals surface area contributed by atoms with Crippen LogP contribution >= 0.6 is 12.6 Å². The summed E-state index contributed by atoms with van der Waals surface area (Å²) in [7, 11) is 1.83. The lowest BCUT2D eigenvalue weighted by molar-refractivity contribution is -0.136. The van der Waals surface area contributed by atoms with Crippen molar-refractivity contribution in [2.75, 3.05) is 13.1 Å². The van der Waals surface area contributed by atoms with E-state index in [2.05, 4.69) is 34.6 Å². The molecular weight excluding hydrogens is 541 g/mol. The minimum Gasteiger partial charge on any atom is -0.393 e. The van der Waals surface area contributed by atoms with Crippen LogP contribution in [-0.4, -0.2) is 58.2 Å². The summed E-state index contributed by atoms with van der Waals surface area (Å²) < 4.78 is 46.9. The van der Waals surface area contributed by atoms with Crippen LogP contribution in [0.5, 0.6) is 0 Å². The number of fused-ring (bicyclic) bond motifs is 1. The van der Waals surface area contributed by atoms with Crippen molar-refractivity contribution in [2.45, 2.75) is 55.7 Å². The molecule has 212 valence electrons. The van der Waals surface area contributed by atoms with Crippen molar-refractivity contribution in [1.29, 1.82) is 0 Å². The Balaban J connectivity index is 1.42. The number of aryl methyl sites for hydroxylation is 1. The number of thiol groups is 1. The van der Waals surface area contributed by atoms with E-state index in [-0.39, 0.29) is 10.8 Å². The number of nitrogens with zero attached hydrogens (tertiary/aromatic N) is 6. The number of pyridine rings is 1. The highest BCUT2D eigenvalue weighted by molar-refractivity contribution is 7.81. The number of aromatic nitrogens is 5. The topological polar surface area (TPSA) is 80.6 Å². The van der Waals surface area contributed by atoms with Gasteiger partial charge < -0.3 is 9.67 Å². The maximum Gasteiger partial charge on any atom is 0.418 e. The number of hydrogen-bond acceptors (Lipinski definition) is 6. The highest BCUT2D eigenvalue weighted by Crippen LogP contribution is 2.48. The summed E-state index contributed by atoms with van der Waals surface area (Å²) in [4.78, 5) is 15.7. The van der Waals surface area contributed by atoms with Crippen LogP contribution in [0.2, 0.25) is 0 Å². The fourth-order valence-corrected chi connectivity index (χ4v) is 6.54. The van der Waals surface area contributed by atoms with E-state index in [0.29, 0.717) is 42.4 Å². The minimum atomic E-state index is -4.63. The van der Waals surface area contributed by atoms with Gasteiger partial charge in [0.2, 0.25) is 0 Å². The second-order valence-corrected chi connectivity index (χ2v) is 12.0. The Morgan fingerprint density at radius 2 is 1.98 bits per heavy atom. The molecule has 0 radical (unpaired) electrons. The minimum absolute atomic E-state index is 0.198. The van der Waals surface area contributed by atoms with E-state index in [1.54, 1.807) is 29.1 Å². The number of imidazole rings is 1. The van der Waals surface area contributed by atoms with Crippen LogP contribution in [0.4, 0.5) is 13.2 Å². The monoisotopic (exact) mass is 572 g/mol. The van der Waals surface area contributed by atoms with E-state index in [1.165, 1.54) is 17.0 Å². The van der Waals surface area contributed by atoms with Crippen LogP contribution < -0.4 is 5.69 Å². The zero-order chi connectivity index (χ0) is 28.4. The van der Waals surface area contributed by atoms with Gasteiger partial charge in [0, 0.05) is 37.8 Å². The Hall–Kier alpha value is -3.09. The summed E-state index contributed by atoms with van der Waals surface area (Å²) in [5, 5.41) is 18.7. The molecule has 4 aromatic rings. The van der Waals surface area contributed by atoms with Crippen molar-refractivity contribution in [3.05, 3.63) is 82.1 Å². The lowest BCUT2D eigenvalue weighted by Crippen LogP contribution is -2.47. The number of hydrogen-bond donors (Lipinski definition) is 2. The third kappa shape index (κ3) is 4.55. The smallest absolute Gasteiger partial charge is 0.393 e. The second-order valence-electron chi connectivity index (χ2n) is 11.3. The normalized spacial score (nSPS) is 25.8. The molecule has 0 amide bonds. The van der Waals surface area contributed by atoms with Crippen LogP contribution in [0.3, 0.4) is 0 Å². The number of aliphatic hydroxyl groups is 1. The fourth-order valence-electron chi connectivity index (χ4n) is 6.33. The van der Waals surface area contributed by atoms with Crippen LogP contribution in [-0.2, 0) is 25.2 Å². The molecule has 2 fully saturated rings. The number of alkyl halides is 3. The number of piperidine rings is 1. The Morgan fingerprint density at radius 3 is 2.62 bits per heavy atom. The van der Waals surface area contributed by atoms with Gasteiger partial charge >= 0.3 is 11.9 Å². The first-order chi connectivity index (χ1) is 19.0. The van der Waals surface area contributed by atoms with E-state index in [0.717, 1.165) is 35.5 Å². The summed E-state index contributed by atoms with van der Waals surface area (Å²) >= 11 is 4.59. The van der Waals surface area contributed by atoms with E-state index in [4.69, 9.17) is 0 Å². The molecule has 3 aromatic heterocycles. The lowest BCUT2D eigenvalue weighted by atomic mass is 9.62. The molecule has 1 aliphatic carbocycles. The zero-order valence-electron chi connectivity index (χ0n) is 22.2. The average Bonchev–Trinajstić information content (AvgIpc) is 3.46. The second kappa shape index (κ2) is 9.78. The molecule has 1 aliphatic heterocycles. The standard InChI is InChI=1S/C28H31F3N6O2S/c1-17-12-35(7-6-24(17)40)13-18-8-22(28(29,30)31)23-15-36(26(39)37(23)14-18)20-5-3-4-19(9-20)27(10-21(38)11-27)25-33-32-16-34(25)2/h3-5,8-9,14-17,21,24,38,40H,6-7,10-13H2,1-2H3/t17-,21-,24?,27+/m1/s1. The molecule has 6 rings (SSSR count). The largest absolute Gasteiger partial charge is 0.418 e. The van der Waals surface area contributed by atoms with Gasteiger partial charge in [-0.3, -0.25) is 13.9 Å². The van der Waals surface area contributed by atoms with Crippen molar-refractivity contribution in [1.82, 2.24) is 28.6 Å².